The predicted molar refractivity (Wildman–Crippen MR) is 234 cm³/mol. The summed E-state index contributed by atoms with van der Waals surface area (Å²) in [5, 5.41) is 40.4. The molecule has 0 fully saturated rings. The maximum absolute atomic E-state index is 12.6. The molecule has 4 unspecified atom stereocenters. The van der Waals surface area contributed by atoms with E-state index in [1.54, 1.807) is 20.8 Å². The molecular weight excluding hydrogens is 783 g/mol. The lowest BCUT2D eigenvalue weighted by molar-refractivity contribution is -0.147. The fourth-order valence-corrected chi connectivity index (χ4v) is 4.83. The molecule has 61 heavy (non-hydrogen) atoms. The lowest BCUT2D eigenvalue weighted by Gasteiger charge is -2.25. The number of primary amides is 1. The number of alkyl carbamates (subject to hydrolysis) is 1. The van der Waals surface area contributed by atoms with E-state index in [2.05, 4.69) is 55.5 Å². The first kappa shape index (κ1) is 53.2. The van der Waals surface area contributed by atoms with Gasteiger partial charge in [-0.3, -0.25) is 19.2 Å². The third kappa shape index (κ3) is 24.8. The zero-order valence-corrected chi connectivity index (χ0v) is 36.6. The van der Waals surface area contributed by atoms with Gasteiger partial charge in [0.15, 0.2) is 12.2 Å². The van der Waals surface area contributed by atoms with Crippen molar-refractivity contribution in [1.29, 1.82) is 0 Å². The molecule has 0 saturated heterocycles. The Morgan fingerprint density at radius 2 is 1.25 bits per heavy atom. The van der Waals surface area contributed by atoms with E-state index in [9.17, 15) is 39.3 Å². The topological polar surface area (TPSA) is 239 Å². The van der Waals surface area contributed by atoms with Gasteiger partial charge in [-0.05, 0) is 43.7 Å². The van der Waals surface area contributed by atoms with Gasteiger partial charge in [0, 0.05) is 12.2 Å². The van der Waals surface area contributed by atoms with E-state index in [1.807, 2.05) is 97.1 Å². The minimum atomic E-state index is -1.94. The van der Waals surface area contributed by atoms with E-state index in [-0.39, 0.29) is 25.1 Å². The molecule has 4 atom stereocenters. The first-order valence-corrected chi connectivity index (χ1v) is 20.2. The van der Waals surface area contributed by atoms with Crippen molar-refractivity contribution in [2.75, 3.05) is 19.7 Å². The van der Waals surface area contributed by atoms with Crippen molar-refractivity contribution in [3.63, 3.8) is 0 Å². The molecule has 0 aliphatic carbocycles. The smallest absolute Gasteiger partial charge is 0.408 e. The molecule has 0 radical (unpaired) electrons. The molecule has 336 valence electrons. The van der Waals surface area contributed by atoms with Crippen molar-refractivity contribution in [2.45, 2.75) is 110 Å². The van der Waals surface area contributed by atoms with Gasteiger partial charge in [0.05, 0.1) is 44.2 Å². The monoisotopic (exact) mass is 849 g/mol. The number of benzene rings is 3. The van der Waals surface area contributed by atoms with Crippen molar-refractivity contribution in [3.05, 3.63) is 120 Å². The summed E-state index contributed by atoms with van der Waals surface area (Å²) in [4.78, 5) is 61.3. The molecule has 0 aliphatic rings. The molecule has 15 heteroatoms. The quantitative estimate of drug-likeness (QED) is 0.0786. The Hall–Kier alpha value is -5.77. The SMILES string of the molecule is C=C(NCC(=O)NC(CO)CC(O)C(O)C(=O)NCCC(=O)OC(c1ccccc1)c1ccccc1)C(CC(N)=O)NC(=O)OC(C)(C)C.CCC(C)(C)C.c1ccccc1. The van der Waals surface area contributed by atoms with E-state index < -0.39 is 85.4 Å². The summed E-state index contributed by atoms with van der Waals surface area (Å²) < 4.78 is 10.9. The summed E-state index contributed by atoms with van der Waals surface area (Å²) in [5.74, 6) is -3.00. The van der Waals surface area contributed by atoms with E-state index in [0.29, 0.717) is 5.41 Å². The van der Waals surface area contributed by atoms with Gasteiger partial charge in [0.25, 0.3) is 5.91 Å². The number of carbonyl (C=O) groups excluding carboxylic acids is 5. The summed E-state index contributed by atoms with van der Waals surface area (Å²) in [6.07, 6.45) is -4.80. The number of nitrogens with one attached hydrogen (secondary N) is 4. The first-order valence-electron chi connectivity index (χ1n) is 20.2. The van der Waals surface area contributed by atoms with Crippen molar-refractivity contribution in [3.8, 4) is 0 Å². The number of ether oxygens (including phenoxy) is 2. The van der Waals surface area contributed by atoms with Crippen LogP contribution in [0.15, 0.2) is 109 Å². The van der Waals surface area contributed by atoms with Crippen molar-refractivity contribution in [2.24, 2.45) is 11.1 Å². The highest BCUT2D eigenvalue weighted by molar-refractivity contribution is 5.82. The van der Waals surface area contributed by atoms with Crippen molar-refractivity contribution < 1.29 is 48.8 Å². The Kier molecular flexibility index (Phi) is 24.3. The number of amides is 4. The van der Waals surface area contributed by atoms with E-state index >= 15 is 0 Å². The third-order valence-electron chi connectivity index (χ3n) is 8.55. The molecule has 3 aromatic carbocycles. The molecule has 0 bridgehead atoms. The standard InChI is InChI=1S/C34H47N5O10.C6H6.C6H14/c1-21(25(18-27(35)42)39-33(47)49-34(2,3)4)37-19-28(43)38-24(20-40)17-26(41)30(45)32(46)36-16-15-29(44)48-31(22-11-7-5-8-12-22)23-13-9-6-10-14-23;1-2-4-6-5-3-1;1-5-6(2,3)4/h5-14,24-26,30-31,37,40-41,45H,1,15-20H2,2-4H3,(H2,35,42)(H,36,46)(H,38,43)(H,39,47);1-6H;5H2,1-4H3. The lowest BCUT2D eigenvalue weighted by atomic mass is 9.94. The Bertz CT molecular complexity index is 1680. The third-order valence-corrected chi connectivity index (χ3v) is 8.55. The molecule has 15 nitrogen and oxygen atoms in total. The second-order valence-corrected chi connectivity index (χ2v) is 16.2. The Morgan fingerprint density at radius 3 is 1.67 bits per heavy atom. The molecule has 9 N–H and O–H groups in total. The van der Waals surface area contributed by atoms with Gasteiger partial charge in [-0.25, -0.2) is 4.79 Å². The summed E-state index contributed by atoms with van der Waals surface area (Å²) >= 11 is 0. The van der Waals surface area contributed by atoms with Crippen LogP contribution in [0.25, 0.3) is 0 Å². The van der Waals surface area contributed by atoms with Gasteiger partial charge in [0.1, 0.15) is 5.60 Å². The number of aliphatic hydroxyl groups excluding tert-OH is 3. The minimum Gasteiger partial charge on any atom is -0.452 e. The summed E-state index contributed by atoms with van der Waals surface area (Å²) in [5.41, 5.74) is 6.60. The molecule has 0 aliphatic heterocycles. The summed E-state index contributed by atoms with van der Waals surface area (Å²) in [6, 6.07) is 28.2. The highest BCUT2D eigenvalue weighted by Crippen LogP contribution is 2.26. The van der Waals surface area contributed by atoms with Crippen LogP contribution in [0.2, 0.25) is 0 Å². The van der Waals surface area contributed by atoms with E-state index in [4.69, 9.17) is 15.2 Å². The Labute approximate surface area is 360 Å². The minimum absolute atomic E-state index is 0.0759. The lowest BCUT2D eigenvalue weighted by Crippen LogP contribution is -2.49. The molecule has 0 spiro atoms. The second-order valence-electron chi connectivity index (χ2n) is 16.2. The molecular formula is C46H67N5O10. The average Bonchev–Trinajstić information content (AvgIpc) is 3.21. The van der Waals surface area contributed by atoms with Crippen LogP contribution < -0.4 is 27.0 Å². The van der Waals surface area contributed by atoms with Crippen LogP contribution in [0.3, 0.4) is 0 Å². The van der Waals surface area contributed by atoms with Gasteiger partial charge in [-0.1, -0.05) is 138 Å². The molecule has 3 rings (SSSR count). The number of nitrogens with two attached hydrogens (primary N) is 1. The zero-order valence-electron chi connectivity index (χ0n) is 36.6. The Balaban J connectivity index is 0.00000133. The van der Waals surface area contributed by atoms with Gasteiger partial charge >= 0.3 is 12.1 Å². The number of rotatable bonds is 19. The first-order chi connectivity index (χ1) is 28.6. The van der Waals surface area contributed by atoms with Crippen LogP contribution in [0.4, 0.5) is 4.79 Å². The maximum atomic E-state index is 12.6. The number of aliphatic hydroxyl groups is 3. The van der Waals surface area contributed by atoms with Crippen molar-refractivity contribution in [1.82, 2.24) is 21.3 Å². The van der Waals surface area contributed by atoms with Crippen LogP contribution in [0, 0.1) is 5.41 Å². The number of hydrogen-bond acceptors (Lipinski definition) is 11. The van der Waals surface area contributed by atoms with Crippen LogP contribution in [-0.4, -0.2) is 94.7 Å². The highest BCUT2D eigenvalue weighted by atomic mass is 16.6. The van der Waals surface area contributed by atoms with Crippen LogP contribution in [-0.2, 0) is 28.7 Å². The predicted octanol–water partition coefficient (Wildman–Crippen LogP) is 4.42. The maximum Gasteiger partial charge on any atom is 0.408 e. The zero-order chi connectivity index (χ0) is 46.0. The fourth-order valence-electron chi connectivity index (χ4n) is 4.83. The Morgan fingerprint density at radius 1 is 0.770 bits per heavy atom. The van der Waals surface area contributed by atoms with Gasteiger partial charge in [-0.15, -0.1) is 0 Å². The van der Waals surface area contributed by atoms with Gasteiger partial charge in [-0.2, -0.15) is 0 Å². The number of esters is 1. The molecule has 0 heterocycles. The van der Waals surface area contributed by atoms with E-state index in [1.165, 1.54) is 6.42 Å². The van der Waals surface area contributed by atoms with Gasteiger partial charge < -0.3 is 51.8 Å². The summed E-state index contributed by atoms with van der Waals surface area (Å²) in [7, 11) is 0. The van der Waals surface area contributed by atoms with Crippen LogP contribution in [0.1, 0.15) is 91.4 Å². The highest BCUT2D eigenvalue weighted by Gasteiger charge is 2.28. The van der Waals surface area contributed by atoms with Crippen LogP contribution in [0.5, 0.6) is 0 Å². The average molecular weight is 850 g/mol. The second kappa shape index (κ2) is 27.9. The summed E-state index contributed by atoms with van der Waals surface area (Å²) in [6.45, 7) is 16.4. The van der Waals surface area contributed by atoms with Gasteiger partial charge in [0.2, 0.25) is 11.8 Å². The normalized spacial score (nSPS) is 12.9. The van der Waals surface area contributed by atoms with Crippen molar-refractivity contribution >= 4 is 29.8 Å². The largest absolute Gasteiger partial charge is 0.452 e. The molecule has 0 saturated carbocycles. The molecule has 4 amide bonds. The molecule has 0 aromatic heterocycles. The molecule has 3 aromatic rings. The fraction of sp³-hybridized carbons (Fsp3) is 0.457. The van der Waals surface area contributed by atoms with Crippen LogP contribution >= 0.6 is 0 Å². The van der Waals surface area contributed by atoms with E-state index in [0.717, 1.165) is 11.1 Å². The number of hydrogen-bond donors (Lipinski definition) is 8. The number of carbonyl (C=O) groups is 5.